The molecule has 36 heavy (non-hydrogen) atoms. The molecule has 2 aliphatic rings. The Morgan fingerprint density at radius 3 is 2.64 bits per heavy atom. The number of likely N-dealkylation sites (N-methyl/N-ethyl adjacent to an activating group) is 1. The van der Waals surface area contributed by atoms with Crippen molar-refractivity contribution in [3.05, 3.63) is 59.4 Å². The number of anilines is 1. The summed E-state index contributed by atoms with van der Waals surface area (Å²) >= 11 is 0. The molecule has 1 N–H and O–H groups in total. The molecule has 194 valence electrons. The van der Waals surface area contributed by atoms with Crippen molar-refractivity contribution in [2.75, 3.05) is 39.2 Å². The molecule has 1 aliphatic carbocycles. The summed E-state index contributed by atoms with van der Waals surface area (Å²) in [5, 5.41) is 2.94. The van der Waals surface area contributed by atoms with Gasteiger partial charge in [-0.1, -0.05) is 19.1 Å². The van der Waals surface area contributed by atoms with Crippen LogP contribution in [0.4, 0.5) is 10.1 Å². The molecule has 1 heterocycles. The van der Waals surface area contributed by atoms with Crippen molar-refractivity contribution in [3.63, 3.8) is 0 Å². The van der Waals surface area contributed by atoms with E-state index in [1.54, 1.807) is 49.4 Å². The molecule has 2 amide bonds. The predicted molar refractivity (Wildman–Crippen MR) is 136 cm³/mol. The number of rotatable bonds is 5. The van der Waals surface area contributed by atoms with Gasteiger partial charge in [-0.15, -0.1) is 0 Å². The zero-order chi connectivity index (χ0) is 25.8. The molecule has 4 rings (SSSR count). The number of nitrogens with one attached hydrogen (secondary N) is 1. The number of nitrogens with zero attached hydrogens (tertiary/aromatic N) is 2. The summed E-state index contributed by atoms with van der Waals surface area (Å²) in [5.74, 6) is 0.190. The van der Waals surface area contributed by atoms with Crippen molar-refractivity contribution in [2.24, 2.45) is 11.8 Å². The first kappa shape index (κ1) is 26.1. The largest absolute Gasteiger partial charge is 0.491 e. The maximum absolute atomic E-state index is 13.9. The molecule has 0 radical (unpaired) electrons. The average molecular weight is 498 g/mol. The summed E-state index contributed by atoms with van der Waals surface area (Å²) in [6.07, 6.45) is 1.64. The van der Waals surface area contributed by atoms with Crippen molar-refractivity contribution in [1.29, 1.82) is 0 Å². The second-order valence-electron chi connectivity index (χ2n) is 10.1. The highest BCUT2D eigenvalue weighted by atomic mass is 19.1. The van der Waals surface area contributed by atoms with Crippen molar-refractivity contribution in [3.8, 4) is 5.75 Å². The molecule has 1 aliphatic heterocycles. The maximum Gasteiger partial charge on any atom is 0.257 e. The fourth-order valence-electron chi connectivity index (χ4n) is 4.60. The fraction of sp³-hybridized carbons (Fsp3) is 0.500. The van der Waals surface area contributed by atoms with Crippen molar-refractivity contribution >= 4 is 17.5 Å². The molecule has 0 unspecified atom stereocenters. The van der Waals surface area contributed by atoms with E-state index in [4.69, 9.17) is 9.47 Å². The van der Waals surface area contributed by atoms with E-state index in [-0.39, 0.29) is 41.6 Å². The van der Waals surface area contributed by atoms with Crippen LogP contribution in [0.5, 0.6) is 5.75 Å². The van der Waals surface area contributed by atoms with Crippen LogP contribution in [0.2, 0.25) is 0 Å². The first-order valence-electron chi connectivity index (χ1n) is 12.6. The van der Waals surface area contributed by atoms with Crippen LogP contribution < -0.4 is 10.1 Å². The van der Waals surface area contributed by atoms with Crippen LogP contribution in [0.1, 0.15) is 42.6 Å². The van der Waals surface area contributed by atoms with E-state index in [1.807, 2.05) is 6.07 Å². The number of fused-ring (bicyclic) bond motifs is 1. The van der Waals surface area contributed by atoms with Gasteiger partial charge in [0.1, 0.15) is 18.2 Å². The number of halogens is 1. The van der Waals surface area contributed by atoms with Gasteiger partial charge in [0, 0.05) is 57.5 Å². The Balaban J connectivity index is 1.62. The average Bonchev–Trinajstić information content (AvgIpc) is 3.70. The Kier molecular flexibility index (Phi) is 8.26. The van der Waals surface area contributed by atoms with Gasteiger partial charge in [0.15, 0.2) is 0 Å². The van der Waals surface area contributed by atoms with Crippen molar-refractivity contribution in [1.82, 2.24) is 9.80 Å². The number of hydrogen-bond donors (Lipinski definition) is 1. The monoisotopic (exact) mass is 497 g/mol. The van der Waals surface area contributed by atoms with Gasteiger partial charge >= 0.3 is 0 Å². The highest BCUT2D eigenvalue weighted by Crippen LogP contribution is 2.32. The minimum Gasteiger partial charge on any atom is -0.491 e. The summed E-state index contributed by atoms with van der Waals surface area (Å²) in [7, 11) is 3.42. The number of ether oxygens (including phenoxy) is 2. The fourth-order valence-corrected chi connectivity index (χ4v) is 4.60. The number of hydrogen-bond acceptors (Lipinski definition) is 5. The quantitative estimate of drug-likeness (QED) is 0.671. The van der Waals surface area contributed by atoms with Crippen LogP contribution in [-0.4, -0.2) is 67.6 Å². The Bertz CT molecular complexity index is 1090. The van der Waals surface area contributed by atoms with Crippen LogP contribution in [-0.2, 0) is 16.1 Å². The third-order valence-electron chi connectivity index (χ3n) is 7.07. The maximum atomic E-state index is 13.9. The molecule has 0 saturated heterocycles. The van der Waals surface area contributed by atoms with E-state index in [1.165, 1.54) is 6.07 Å². The lowest BCUT2D eigenvalue weighted by atomic mass is 10.0. The van der Waals surface area contributed by atoms with Gasteiger partial charge in [-0.25, -0.2) is 4.39 Å². The highest BCUT2D eigenvalue weighted by molar-refractivity contribution is 5.99. The van der Waals surface area contributed by atoms with Crippen LogP contribution in [0.15, 0.2) is 42.5 Å². The normalized spacial score (nSPS) is 23.8. The van der Waals surface area contributed by atoms with E-state index in [0.717, 1.165) is 18.4 Å². The van der Waals surface area contributed by atoms with Gasteiger partial charge in [0.2, 0.25) is 5.91 Å². The lowest BCUT2D eigenvalue weighted by molar-refractivity contribution is -0.117. The van der Waals surface area contributed by atoms with E-state index in [0.29, 0.717) is 43.2 Å². The number of carbonyl (C=O) groups is 2. The van der Waals surface area contributed by atoms with E-state index >= 15 is 0 Å². The zero-order valence-electron chi connectivity index (χ0n) is 21.5. The van der Waals surface area contributed by atoms with Gasteiger partial charge in [-0.3, -0.25) is 14.5 Å². The molecule has 0 bridgehead atoms. The van der Waals surface area contributed by atoms with Crippen LogP contribution in [0.25, 0.3) is 0 Å². The second-order valence-corrected chi connectivity index (χ2v) is 10.1. The predicted octanol–water partition coefficient (Wildman–Crippen LogP) is 4.18. The van der Waals surface area contributed by atoms with E-state index in [2.05, 4.69) is 24.1 Å². The lowest BCUT2D eigenvalue weighted by Gasteiger charge is -2.36. The summed E-state index contributed by atoms with van der Waals surface area (Å²) < 4.78 is 25.9. The summed E-state index contributed by atoms with van der Waals surface area (Å²) in [4.78, 5) is 29.5. The number of carbonyl (C=O) groups excluding carboxylic acids is 2. The van der Waals surface area contributed by atoms with Crippen LogP contribution in [0, 0.1) is 17.7 Å². The van der Waals surface area contributed by atoms with Crippen molar-refractivity contribution < 1.29 is 23.5 Å². The Morgan fingerprint density at radius 1 is 1.17 bits per heavy atom. The lowest BCUT2D eigenvalue weighted by Crippen LogP contribution is -2.46. The molecule has 0 aromatic heterocycles. The zero-order valence-corrected chi connectivity index (χ0v) is 21.5. The summed E-state index contributed by atoms with van der Waals surface area (Å²) in [6.45, 7) is 6.15. The van der Waals surface area contributed by atoms with Gasteiger partial charge < -0.3 is 19.7 Å². The van der Waals surface area contributed by atoms with Gasteiger partial charge in [0.25, 0.3) is 5.91 Å². The molecule has 7 nitrogen and oxygen atoms in total. The molecule has 3 atom stereocenters. The minimum absolute atomic E-state index is 0.00175. The molecule has 1 fully saturated rings. The summed E-state index contributed by atoms with van der Waals surface area (Å²) in [6, 6.07) is 11.8. The van der Waals surface area contributed by atoms with Crippen LogP contribution in [0.3, 0.4) is 0 Å². The van der Waals surface area contributed by atoms with E-state index < -0.39 is 0 Å². The molecule has 8 heteroatoms. The Labute approximate surface area is 212 Å². The topological polar surface area (TPSA) is 71.1 Å². The molecule has 0 spiro atoms. The third kappa shape index (κ3) is 6.42. The standard InChI is InChI=1S/C28H36FN3O4/c1-18-14-32(15-20-6-5-7-22(29)12-20)19(2)17-36-25-13-23(30-27(33)21-8-9-21)10-11-24(25)28(34)31(3)16-26(18)35-4/h5-7,10-13,18-19,21,26H,8-9,14-17H2,1-4H3,(H,30,33)/t18-,19+,26-/m0/s1. The first-order chi connectivity index (χ1) is 17.2. The van der Waals surface area contributed by atoms with Crippen LogP contribution >= 0.6 is 0 Å². The minimum atomic E-state index is -0.261. The van der Waals surface area contributed by atoms with E-state index in [9.17, 15) is 14.0 Å². The second kappa shape index (κ2) is 11.4. The Morgan fingerprint density at radius 2 is 1.94 bits per heavy atom. The van der Waals surface area contributed by atoms with Gasteiger partial charge in [-0.05, 0) is 55.5 Å². The molecule has 2 aromatic rings. The number of benzene rings is 2. The highest BCUT2D eigenvalue weighted by Gasteiger charge is 2.31. The number of amides is 2. The van der Waals surface area contributed by atoms with Gasteiger partial charge in [0.05, 0.1) is 11.7 Å². The molecular formula is C28H36FN3O4. The summed E-state index contributed by atoms with van der Waals surface area (Å²) in [5.41, 5.74) is 1.93. The Hall–Kier alpha value is -2.97. The third-order valence-corrected chi connectivity index (χ3v) is 7.07. The molecule has 2 aromatic carbocycles. The molecular weight excluding hydrogens is 461 g/mol. The first-order valence-corrected chi connectivity index (χ1v) is 12.6. The number of methoxy groups -OCH3 is 1. The van der Waals surface area contributed by atoms with Gasteiger partial charge in [-0.2, -0.15) is 0 Å². The SMILES string of the molecule is CO[C@H]1CN(C)C(=O)c2ccc(NC(=O)C3CC3)cc2OC[C@@H](C)N(Cc2cccc(F)c2)C[C@@H]1C. The smallest absolute Gasteiger partial charge is 0.257 e. The van der Waals surface area contributed by atoms with Crippen molar-refractivity contribution in [2.45, 2.75) is 45.4 Å². The molecule has 1 saturated carbocycles.